The van der Waals surface area contributed by atoms with Gasteiger partial charge in [0.15, 0.2) is 17.3 Å². The highest BCUT2D eigenvalue weighted by molar-refractivity contribution is 5.95. The molecule has 1 heterocycles. The van der Waals surface area contributed by atoms with Crippen molar-refractivity contribution in [1.82, 2.24) is 9.78 Å². The summed E-state index contributed by atoms with van der Waals surface area (Å²) in [6.45, 7) is 0. The largest absolute Gasteiger partial charge is 0.476 e. The summed E-state index contributed by atoms with van der Waals surface area (Å²) in [5, 5.41) is 12.8. The molecule has 3 N–H and O–H groups in total. The fourth-order valence-electron chi connectivity index (χ4n) is 1.65. The van der Waals surface area contributed by atoms with Gasteiger partial charge in [0, 0.05) is 12.6 Å². The van der Waals surface area contributed by atoms with Gasteiger partial charge in [0.05, 0.1) is 5.69 Å². The first-order valence-electron chi connectivity index (χ1n) is 4.93. The monoisotopic (exact) mass is 253 g/mol. The molecule has 0 spiro atoms. The molecule has 2 rings (SSSR count). The van der Waals surface area contributed by atoms with Crippen LogP contribution in [0.1, 0.15) is 10.5 Å². The lowest BCUT2D eigenvalue weighted by atomic mass is 10.1. The Morgan fingerprint density at radius 1 is 1.39 bits per heavy atom. The average Bonchev–Trinajstić information content (AvgIpc) is 2.58. The molecule has 0 aliphatic rings. The molecule has 0 atom stereocenters. The number of halogens is 2. The number of hydrogen-bond donors (Lipinski definition) is 2. The highest BCUT2D eigenvalue weighted by atomic mass is 19.2. The molecule has 1 aromatic heterocycles. The van der Waals surface area contributed by atoms with Crippen LogP contribution in [-0.4, -0.2) is 20.9 Å². The predicted octanol–water partition coefficient (Wildman–Crippen LogP) is 1.65. The summed E-state index contributed by atoms with van der Waals surface area (Å²) in [7, 11) is 1.41. The van der Waals surface area contributed by atoms with Crippen molar-refractivity contribution >= 4 is 11.7 Å². The summed E-state index contributed by atoms with van der Waals surface area (Å²) in [6.07, 6.45) is 0. The first kappa shape index (κ1) is 12.0. The fourth-order valence-corrected chi connectivity index (χ4v) is 1.65. The molecular formula is C11H9F2N3O2. The Kier molecular flexibility index (Phi) is 2.74. The maximum absolute atomic E-state index is 13.1. The van der Waals surface area contributed by atoms with Crippen LogP contribution in [0.5, 0.6) is 0 Å². The standard InChI is InChI=1S/C11H9F2N3O2/c1-16-10(11(17)18)8(14)9(15-16)5-2-3-6(12)7(13)4-5/h2-4H,14H2,1H3,(H,17,18). The molecule has 0 fully saturated rings. The molecule has 0 saturated heterocycles. The average molecular weight is 253 g/mol. The lowest BCUT2D eigenvalue weighted by Crippen LogP contribution is -2.07. The summed E-state index contributed by atoms with van der Waals surface area (Å²) < 4.78 is 27.0. The molecule has 2 aromatic rings. The molecular weight excluding hydrogens is 244 g/mol. The van der Waals surface area contributed by atoms with E-state index in [1.54, 1.807) is 0 Å². The zero-order valence-electron chi connectivity index (χ0n) is 9.32. The van der Waals surface area contributed by atoms with Crippen molar-refractivity contribution in [3.05, 3.63) is 35.5 Å². The molecule has 0 saturated carbocycles. The number of aromatic carboxylic acids is 1. The van der Waals surface area contributed by atoms with Crippen molar-refractivity contribution in [1.29, 1.82) is 0 Å². The lowest BCUT2D eigenvalue weighted by Gasteiger charge is -1.99. The number of carbonyl (C=O) groups is 1. The molecule has 7 heteroatoms. The van der Waals surface area contributed by atoms with Crippen LogP contribution < -0.4 is 5.73 Å². The van der Waals surface area contributed by atoms with Crippen LogP contribution in [0.25, 0.3) is 11.3 Å². The second kappa shape index (κ2) is 4.10. The van der Waals surface area contributed by atoms with Crippen LogP contribution in [0.15, 0.2) is 18.2 Å². The quantitative estimate of drug-likeness (QED) is 0.852. The van der Waals surface area contributed by atoms with E-state index in [4.69, 9.17) is 10.8 Å². The summed E-state index contributed by atoms with van der Waals surface area (Å²) in [4.78, 5) is 10.9. The summed E-state index contributed by atoms with van der Waals surface area (Å²) in [5.41, 5.74) is 5.68. The van der Waals surface area contributed by atoms with Crippen molar-refractivity contribution in [2.75, 3.05) is 5.73 Å². The number of nitrogens with two attached hydrogens (primary N) is 1. The third-order valence-corrected chi connectivity index (χ3v) is 2.48. The van der Waals surface area contributed by atoms with Crippen LogP contribution >= 0.6 is 0 Å². The zero-order valence-corrected chi connectivity index (χ0v) is 9.32. The number of benzene rings is 1. The summed E-state index contributed by atoms with van der Waals surface area (Å²) in [5.74, 6) is -3.28. The van der Waals surface area contributed by atoms with Crippen molar-refractivity contribution in [3.63, 3.8) is 0 Å². The maximum Gasteiger partial charge on any atom is 0.356 e. The van der Waals surface area contributed by atoms with Gasteiger partial charge in [-0.05, 0) is 18.2 Å². The van der Waals surface area contributed by atoms with Crippen LogP contribution in [0.2, 0.25) is 0 Å². The Hall–Kier alpha value is -2.44. The molecule has 1 aromatic carbocycles. The minimum absolute atomic E-state index is 0.0870. The molecule has 0 bridgehead atoms. The van der Waals surface area contributed by atoms with Crippen LogP contribution in [0, 0.1) is 11.6 Å². The van der Waals surface area contributed by atoms with E-state index in [9.17, 15) is 13.6 Å². The SMILES string of the molecule is Cn1nc(-c2ccc(F)c(F)c2)c(N)c1C(=O)O. The van der Waals surface area contributed by atoms with E-state index in [0.29, 0.717) is 0 Å². The number of nitrogens with zero attached hydrogens (tertiary/aromatic N) is 2. The number of rotatable bonds is 2. The van der Waals surface area contributed by atoms with E-state index >= 15 is 0 Å². The zero-order chi connectivity index (χ0) is 13.4. The molecule has 18 heavy (non-hydrogen) atoms. The van der Waals surface area contributed by atoms with Gasteiger partial charge in [-0.25, -0.2) is 13.6 Å². The van der Waals surface area contributed by atoms with E-state index in [1.807, 2.05) is 0 Å². The maximum atomic E-state index is 13.1. The normalized spacial score (nSPS) is 10.6. The predicted molar refractivity (Wildman–Crippen MR) is 59.9 cm³/mol. The number of carboxylic acids is 1. The van der Waals surface area contributed by atoms with Gasteiger partial charge in [-0.1, -0.05) is 0 Å². The van der Waals surface area contributed by atoms with Crippen molar-refractivity contribution in [3.8, 4) is 11.3 Å². The second-order valence-corrected chi connectivity index (χ2v) is 3.67. The Balaban J connectivity index is 2.61. The fraction of sp³-hybridized carbons (Fsp3) is 0.0909. The number of aryl methyl sites for hydroxylation is 1. The van der Waals surface area contributed by atoms with Crippen molar-refractivity contribution in [2.45, 2.75) is 0 Å². The van der Waals surface area contributed by atoms with E-state index in [0.717, 1.165) is 16.8 Å². The Morgan fingerprint density at radius 3 is 2.56 bits per heavy atom. The molecule has 0 amide bonds. The van der Waals surface area contributed by atoms with Gasteiger partial charge in [0.1, 0.15) is 5.69 Å². The summed E-state index contributed by atoms with van der Waals surface area (Å²) in [6, 6.07) is 3.13. The van der Waals surface area contributed by atoms with Gasteiger partial charge in [-0.3, -0.25) is 4.68 Å². The molecule has 0 radical (unpaired) electrons. The van der Waals surface area contributed by atoms with Gasteiger partial charge in [0.25, 0.3) is 0 Å². The highest BCUT2D eigenvalue weighted by Gasteiger charge is 2.20. The summed E-state index contributed by atoms with van der Waals surface area (Å²) >= 11 is 0. The third-order valence-electron chi connectivity index (χ3n) is 2.48. The van der Waals surface area contributed by atoms with Gasteiger partial charge in [-0.2, -0.15) is 5.10 Å². The van der Waals surface area contributed by atoms with E-state index < -0.39 is 17.6 Å². The number of carboxylic acid groups (broad SMARTS) is 1. The van der Waals surface area contributed by atoms with Gasteiger partial charge in [-0.15, -0.1) is 0 Å². The van der Waals surface area contributed by atoms with E-state index in [-0.39, 0.29) is 22.6 Å². The number of nitrogen functional groups attached to an aromatic ring is 1. The van der Waals surface area contributed by atoms with Gasteiger partial charge < -0.3 is 10.8 Å². The smallest absolute Gasteiger partial charge is 0.356 e. The van der Waals surface area contributed by atoms with Gasteiger partial charge >= 0.3 is 5.97 Å². The molecule has 94 valence electrons. The Bertz CT molecular complexity index is 637. The van der Waals surface area contributed by atoms with Crippen LogP contribution in [0.3, 0.4) is 0 Å². The highest BCUT2D eigenvalue weighted by Crippen LogP contribution is 2.28. The minimum Gasteiger partial charge on any atom is -0.476 e. The number of hydrogen-bond acceptors (Lipinski definition) is 3. The number of anilines is 1. The van der Waals surface area contributed by atoms with Crippen LogP contribution in [-0.2, 0) is 7.05 Å². The Labute approximate surface area is 100 Å². The second-order valence-electron chi connectivity index (χ2n) is 3.67. The topological polar surface area (TPSA) is 81.1 Å². The molecule has 5 nitrogen and oxygen atoms in total. The minimum atomic E-state index is -1.24. The lowest BCUT2D eigenvalue weighted by molar-refractivity contribution is 0.0686. The molecule has 0 aliphatic heterocycles. The first-order valence-corrected chi connectivity index (χ1v) is 4.93. The molecule has 0 unspecified atom stereocenters. The molecule has 0 aliphatic carbocycles. The van der Waals surface area contributed by atoms with Crippen LogP contribution in [0.4, 0.5) is 14.5 Å². The number of aromatic nitrogens is 2. The third kappa shape index (κ3) is 1.79. The van der Waals surface area contributed by atoms with Gasteiger partial charge in [0.2, 0.25) is 0 Å². The Morgan fingerprint density at radius 2 is 2.06 bits per heavy atom. The van der Waals surface area contributed by atoms with E-state index in [1.165, 1.54) is 13.1 Å². The van der Waals surface area contributed by atoms with Crippen molar-refractivity contribution < 1.29 is 18.7 Å². The van der Waals surface area contributed by atoms with E-state index in [2.05, 4.69) is 5.10 Å². The van der Waals surface area contributed by atoms with Crippen molar-refractivity contribution in [2.24, 2.45) is 7.05 Å². The first-order chi connectivity index (χ1) is 8.41.